The molecule has 1 aliphatic heterocycles. The highest BCUT2D eigenvalue weighted by molar-refractivity contribution is 7.18. The standard InChI is InChI=1S/C20H18N2O5S/c1-22(11-13-12-26-14-5-2-3-6-15(14)27-13)20(24)17-8-9-18(28-17)21-19(23)16-7-4-10-25-16/h2-10,13H,11-12H2,1H3,(H,21,23)/t13-/m0/s1. The number of anilines is 1. The number of hydrogen-bond donors (Lipinski definition) is 1. The molecule has 2 aromatic heterocycles. The summed E-state index contributed by atoms with van der Waals surface area (Å²) in [7, 11) is 1.72. The summed E-state index contributed by atoms with van der Waals surface area (Å²) in [4.78, 5) is 26.8. The maximum absolute atomic E-state index is 12.7. The molecule has 3 aromatic rings. The lowest BCUT2D eigenvalue weighted by molar-refractivity contribution is 0.0524. The first-order valence-corrected chi connectivity index (χ1v) is 9.50. The molecule has 28 heavy (non-hydrogen) atoms. The quantitative estimate of drug-likeness (QED) is 0.711. The molecular weight excluding hydrogens is 380 g/mol. The Kier molecular flexibility index (Phi) is 5.03. The van der Waals surface area contributed by atoms with Gasteiger partial charge in [0.15, 0.2) is 23.4 Å². The zero-order valence-electron chi connectivity index (χ0n) is 15.1. The molecule has 7 nitrogen and oxygen atoms in total. The van der Waals surface area contributed by atoms with E-state index in [0.717, 1.165) is 0 Å². The molecule has 0 saturated carbocycles. The molecular formula is C20H18N2O5S. The number of fused-ring (bicyclic) bond motifs is 1. The monoisotopic (exact) mass is 398 g/mol. The second-order valence-electron chi connectivity index (χ2n) is 6.28. The summed E-state index contributed by atoms with van der Waals surface area (Å²) < 4.78 is 16.7. The SMILES string of the molecule is CN(C[C@H]1COc2ccccc2O1)C(=O)c1ccc(NC(=O)c2ccco2)s1. The third kappa shape index (κ3) is 3.86. The molecule has 0 fully saturated rings. The number of ether oxygens (including phenoxy) is 2. The van der Waals surface area contributed by atoms with E-state index < -0.39 is 0 Å². The zero-order chi connectivity index (χ0) is 19.5. The minimum Gasteiger partial charge on any atom is -0.486 e. The summed E-state index contributed by atoms with van der Waals surface area (Å²) in [6, 6.07) is 14.1. The largest absolute Gasteiger partial charge is 0.486 e. The van der Waals surface area contributed by atoms with Gasteiger partial charge >= 0.3 is 0 Å². The van der Waals surface area contributed by atoms with Crippen molar-refractivity contribution < 1.29 is 23.5 Å². The van der Waals surface area contributed by atoms with Crippen LogP contribution in [0, 0.1) is 0 Å². The molecule has 2 amide bonds. The van der Waals surface area contributed by atoms with E-state index in [-0.39, 0.29) is 23.7 Å². The minimum atomic E-state index is -0.356. The van der Waals surface area contributed by atoms with E-state index in [2.05, 4.69) is 5.32 Å². The molecule has 8 heteroatoms. The van der Waals surface area contributed by atoms with Crippen LogP contribution < -0.4 is 14.8 Å². The van der Waals surface area contributed by atoms with Gasteiger partial charge in [0.2, 0.25) is 0 Å². The maximum Gasteiger partial charge on any atom is 0.291 e. The van der Waals surface area contributed by atoms with Gasteiger partial charge in [-0.15, -0.1) is 11.3 Å². The Bertz CT molecular complexity index is 982. The van der Waals surface area contributed by atoms with Gasteiger partial charge in [-0.1, -0.05) is 12.1 Å². The number of benzene rings is 1. The highest BCUT2D eigenvalue weighted by Gasteiger charge is 2.25. The number of nitrogens with one attached hydrogen (secondary N) is 1. The van der Waals surface area contributed by atoms with Gasteiger partial charge < -0.3 is 24.1 Å². The first-order chi connectivity index (χ1) is 13.6. The fraction of sp³-hybridized carbons (Fsp3) is 0.200. The molecule has 0 radical (unpaired) electrons. The van der Waals surface area contributed by atoms with Crippen LogP contribution >= 0.6 is 11.3 Å². The van der Waals surface area contributed by atoms with E-state index in [1.165, 1.54) is 17.6 Å². The van der Waals surface area contributed by atoms with Crippen molar-refractivity contribution in [1.29, 1.82) is 0 Å². The molecule has 0 unspecified atom stereocenters. The molecule has 0 saturated heterocycles. The van der Waals surface area contributed by atoms with Crippen LogP contribution in [-0.4, -0.2) is 43.0 Å². The Balaban J connectivity index is 1.35. The van der Waals surface area contributed by atoms with Crippen LogP contribution in [0.3, 0.4) is 0 Å². The van der Waals surface area contributed by atoms with Gasteiger partial charge in [0, 0.05) is 7.05 Å². The number of rotatable bonds is 5. The summed E-state index contributed by atoms with van der Waals surface area (Å²) in [5, 5.41) is 3.29. The Morgan fingerprint density at radius 2 is 1.96 bits per heavy atom. The highest BCUT2D eigenvalue weighted by Crippen LogP contribution is 2.31. The third-order valence-electron chi connectivity index (χ3n) is 4.19. The van der Waals surface area contributed by atoms with Gasteiger partial charge in [-0.3, -0.25) is 9.59 Å². The van der Waals surface area contributed by atoms with E-state index in [4.69, 9.17) is 13.9 Å². The van der Waals surface area contributed by atoms with Gasteiger partial charge in [0.05, 0.1) is 22.7 Å². The molecule has 0 bridgehead atoms. The average Bonchev–Trinajstić information content (AvgIpc) is 3.39. The van der Waals surface area contributed by atoms with Gasteiger partial charge in [-0.25, -0.2) is 0 Å². The first kappa shape index (κ1) is 18.1. The number of hydrogen-bond acceptors (Lipinski definition) is 6. The van der Waals surface area contributed by atoms with Crippen LogP contribution in [0.4, 0.5) is 5.00 Å². The van der Waals surface area contributed by atoms with Crippen molar-refractivity contribution in [1.82, 2.24) is 4.90 Å². The van der Waals surface area contributed by atoms with Crippen molar-refractivity contribution in [2.75, 3.05) is 25.5 Å². The Morgan fingerprint density at radius 3 is 2.75 bits per heavy atom. The van der Waals surface area contributed by atoms with Crippen molar-refractivity contribution >= 4 is 28.2 Å². The summed E-state index contributed by atoms with van der Waals surface area (Å²) in [6.45, 7) is 0.767. The fourth-order valence-electron chi connectivity index (χ4n) is 2.83. The molecule has 3 heterocycles. The fourth-order valence-corrected chi connectivity index (χ4v) is 3.73. The first-order valence-electron chi connectivity index (χ1n) is 8.69. The topological polar surface area (TPSA) is 81.0 Å². The van der Waals surface area contributed by atoms with Gasteiger partial charge in [0.25, 0.3) is 11.8 Å². The van der Waals surface area contributed by atoms with Crippen molar-refractivity contribution in [3.63, 3.8) is 0 Å². The number of amides is 2. The zero-order valence-corrected chi connectivity index (χ0v) is 15.9. The number of carbonyl (C=O) groups excluding carboxylic acids is 2. The maximum atomic E-state index is 12.7. The lowest BCUT2D eigenvalue weighted by atomic mass is 10.2. The van der Waals surface area contributed by atoms with Gasteiger partial charge in [0.1, 0.15) is 6.61 Å². The highest BCUT2D eigenvalue weighted by atomic mass is 32.1. The molecule has 0 aliphatic carbocycles. The predicted molar refractivity (Wildman–Crippen MR) is 104 cm³/mol. The lowest BCUT2D eigenvalue weighted by Crippen LogP contribution is -2.41. The van der Waals surface area contributed by atoms with E-state index in [1.807, 2.05) is 24.3 Å². The Labute approximate surface area is 165 Å². The van der Waals surface area contributed by atoms with Crippen LogP contribution in [0.2, 0.25) is 0 Å². The van der Waals surface area contributed by atoms with Crippen molar-refractivity contribution in [2.24, 2.45) is 0 Å². The summed E-state index contributed by atoms with van der Waals surface area (Å²) in [6.07, 6.45) is 1.19. The Morgan fingerprint density at radius 1 is 1.14 bits per heavy atom. The molecule has 1 N–H and O–H groups in total. The van der Waals surface area contributed by atoms with Gasteiger partial charge in [-0.05, 0) is 36.4 Å². The van der Waals surface area contributed by atoms with E-state index in [0.29, 0.717) is 34.5 Å². The lowest BCUT2D eigenvalue weighted by Gasteiger charge is -2.29. The normalized spacial score (nSPS) is 15.1. The number of thiophene rings is 1. The molecule has 1 aliphatic rings. The van der Waals surface area contributed by atoms with Gasteiger partial charge in [-0.2, -0.15) is 0 Å². The molecule has 4 rings (SSSR count). The third-order valence-corrected chi connectivity index (χ3v) is 5.18. The van der Waals surface area contributed by atoms with Crippen LogP contribution in [0.1, 0.15) is 20.2 Å². The number of carbonyl (C=O) groups is 2. The molecule has 1 aromatic carbocycles. The second kappa shape index (κ2) is 7.77. The van der Waals surface area contributed by atoms with Crippen molar-refractivity contribution in [2.45, 2.75) is 6.10 Å². The number of furan rings is 1. The number of nitrogens with zero attached hydrogens (tertiary/aromatic N) is 1. The average molecular weight is 398 g/mol. The predicted octanol–water partition coefficient (Wildman–Crippen LogP) is 3.51. The van der Waals surface area contributed by atoms with Crippen molar-refractivity contribution in [3.05, 3.63) is 65.4 Å². The van der Waals surface area contributed by atoms with Crippen LogP contribution in [0.25, 0.3) is 0 Å². The van der Waals surface area contributed by atoms with E-state index in [9.17, 15) is 9.59 Å². The smallest absolute Gasteiger partial charge is 0.291 e. The van der Waals surface area contributed by atoms with Crippen LogP contribution in [0.15, 0.2) is 59.2 Å². The van der Waals surface area contributed by atoms with Crippen LogP contribution in [0.5, 0.6) is 11.5 Å². The summed E-state index contributed by atoms with van der Waals surface area (Å²) >= 11 is 1.21. The summed E-state index contributed by atoms with van der Waals surface area (Å²) in [5.74, 6) is 1.10. The molecule has 0 spiro atoms. The van der Waals surface area contributed by atoms with E-state index in [1.54, 1.807) is 36.2 Å². The minimum absolute atomic E-state index is 0.147. The molecule has 144 valence electrons. The molecule has 1 atom stereocenters. The number of para-hydroxylation sites is 2. The van der Waals surface area contributed by atoms with Crippen LogP contribution in [-0.2, 0) is 0 Å². The summed E-state index contributed by atoms with van der Waals surface area (Å²) in [5.41, 5.74) is 0. The second-order valence-corrected chi connectivity index (χ2v) is 7.36. The van der Waals surface area contributed by atoms with E-state index >= 15 is 0 Å². The Hall–Kier alpha value is -3.26. The van der Waals surface area contributed by atoms with Crippen molar-refractivity contribution in [3.8, 4) is 11.5 Å². The number of likely N-dealkylation sites (N-methyl/N-ethyl adjacent to an activating group) is 1.